The molecule has 2 aromatic rings. The van der Waals surface area contributed by atoms with E-state index in [1.165, 1.54) is 30.2 Å². The number of hydrogen-bond acceptors (Lipinski definition) is 5. The SMILES string of the molecule is CCNC(=O)[C@@H](C)N(Cc1ccc(Cl)cc1)C(=O)CN(c1ccc(OC)c(Cl)c1)S(C)(=O)=O. The van der Waals surface area contributed by atoms with Crippen molar-refractivity contribution in [3.63, 3.8) is 0 Å². The van der Waals surface area contributed by atoms with Crippen LogP contribution >= 0.6 is 23.2 Å². The molecule has 0 aliphatic heterocycles. The molecule has 0 aromatic heterocycles. The number of hydrogen-bond donors (Lipinski definition) is 1. The molecule has 8 nitrogen and oxygen atoms in total. The van der Waals surface area contributed by atoms with Gasteiger partial charge in [0, 0.05) is 18.1 Å². The lowest BCUT2D eigenvalue weighted by Gasteiger charge is -2.31. The molecule has 0 heterocycles. The predicted octanol–water partition coefficient (Wildman–Crippen LogP) is 3.32. The molecule has 180 valence electrons. The zero-order valence-corrected chi connectivity index (χ0v) is 21.2. The molecule has 1 atom stereocenters. The van der Waals surface area contributed by atoms with Crippen molar-refractivity contribution in [1.29, 1.82) is 0 Å². The number of likely N-dealkylation sites (N-methyl/N-ethyl adjacent to an activating group) is 1. The number of methoxy groups -OCH3 is 1. The number of benzene rings is 2. The first kappa shape index (κ1) is 26.8. The van der Waals surface area contributed by atoms with Gasteiger partial charge in [0.2, 0.25) is 21.8 Å². The quantitative estimate of drug-likeness (QED) is 0.523. The van der Waals surface area contributed by atoms with Crippen molar-refractivity contribution in [2.45, 2.75) is 26.4 Å². The van der Waals surface area contributed by atoms with Crippen molar-refractivity contribution in [2.75, 3.05) is 30.8 Å². The number of ether oxygens (including phenoxy) is 1. The Hall–Kier alpha value is -2.49. The molecule has 0 spiro atoms. The summed E-state index contributed by atoms with van der Waals surface area (Å²) in [6.45, 7) is 3.34. The highest BCUT2D eigenvalue weighted by Gasteiger charge is 2.30. The Labute approximate surface area is 204 Å². The van der Waals surface area contributed by atoms with E-state index in [4.69, 9.17) is 27.9 Å². The molecule has 11 heteroatoms. The van der Waals surface area contributed by atoms with Gasteiger partial charge in [-0.15, -0.1) is 0 Å². The molecular formula is C22H27Cl2N3O5S. The second-order valence-corrected chi connectivity index (χ2v) is 10.1. The highest BCUT2D eigenvalue weighted by atomic mass is 35.5. The van der Waals surface area contributed by atoms with Gasteiger partial charge in [0.15, 0.2) is 0 Å². The third-order valence-electron chi connectivity index (χ3n) is 4.89. The van der Waals surface area contributed by atoms with Crippen molar-refractivity contribution >= 4 is 50.7 Å². The molecule has 2 aromatic carbocycles. The Morgan fingerprint density at radius 3 is 2.27 bits per heavy atom. The molecule has 0 bridgehead atoms. The van der Waals surface area contributed by atoms with Crippen LogP contribution < -0.4 is 14.4 Å². The number of sulfonamides is 1. The van der Waals surface area contributed by atoms with Crippen LogP contribution in [-0.2, 0) is 26.2 Å². The number of carbonyl (C=O) groups is 2. The fourth-order valence-corrected chi connectivity index (χ4v) is 4.33. The molecule has 1 N–H and O–H groups in total. The predicted molar refractivity (Wildman–Crippen MR) is 130 cm³/mol. The van der Waals surface area contributed by atoms with Gasteiger partial charge < -0.3 is 15.0 Å². The summed E-state index contributed by atoms with van der Waals surface area (Å²) < 4.78 is 31.1. The van der Waals surface area contributed by atoms with Gasteiger partial charge >= 0.3 is 0 Å². The molecule has 0 radical (unpaired) electrons. The third-order valence-corrected chi connectivity index (χ3v) is 6.57. The number of anilines is 1. The first-order chi connectivity index (χ1) is 15.5. The second-order valence-electron chi connectivity index (χ2n) is 7.31. The molecule has 2 rings (SSSR count). The normalized spacial score (nSPS) is 12.1. The molecular weight excluding hydrogens is 489 g/mol. The van der Waals surface area contributed by atoms with E-state index in [1.807, 2.05) is 0 Å². The van der Waals surface area contributed by atoms with Crippen LogP contribution in [0.1, 0.15) is 19.4 Å². The standard InChI is InChI=1S/C22H27Cl2N3O5S/c1-5-25-22(29)15(2)26(13-16-6-8-17(23)9-7-16)21(28)14-27(33(4,30)31)18-10-11-20(32-3)19(24)12-18/h6-12,15H,5,13-14H2,1-4H3,(H,25,29)/t15-/m1/s1. The van der Waals surface area contributed by atoms with Crippen LogP contribution in [0.2, 0.25) is 10.0 Å². The maximum atomic E-state index is 13.4. The largest absolute Gasteiger partial charge is 0.495 e. The number of rotatable bonds is 10. The van der Waals surface area contributed by atoms with Gasteiger partial charge in [-0.1, -0.05) is 35.3 Å². The first-order valence-corrected chi connectivity index (χ1v) is 12.7. The minimum absolute atomic E-state index is 0.0925. The van der Waals surface area contributed by atoms with Crippen LogP contribution in [0.4, 0.5) is 5.69 Å². The topological polar surface area (TPSA) is 96.0 Å². The number of nitrogens with one attached hydrogen (secondary N) is 1. The van der Waals surface area contributed by atoms with Crippen molar-refractivity contribution in [1.82, 2.24) is 10.2 Å². The van der Waals surface area contributed by atoms with Crippen LogP contribution in [0.3, 0.4) is 0 Å². The van der Waals surface area contributed by atoms with Crippen molar-refractivity contribution in [2.24, 2.45) is 0 Å². The maximum Gasteiger partial charge on any atom is 0.244 e. The number of halogens is 2. The highest BCUT2D eigenvalue weighted by molar-refractivity contribution is 7.92. The van der Waals surface area contributed by atoms with Gasteiger partial charge in [-0.25, -0.2) is 8.42 Å². The van der Waals surface area contributed by atoms with E-state index < -0.39 is 28.5 Å². The number of amides is 2. The fourth-order valence-electron chi connectivity index (χ4n) is 3.12. The average Bonchev–Trinajstić information content (AvgIpc) is 2.75. The van der Waals surface area contributed by atoms with E-state index >= 15 is 0 Å². The Morgan fingerprint density at radius 2 is 1.76 bits per heavy atom. The van der Waals surface area contributed by atoms with Gasteiger partial charge in [0.25, 0.3) is 0 Å². The van der Waals surface area contributed by atoms with Crippen molar-refractivity contribution < 1.29 is 22.7 Å². The summed E-state index contributed by atoms with van der Waals surface area (Å²) in [6.07, 6.45) is 0.995. The van der Waals surface area contributed by atoms with E-state index in [0.29, 0.717) is 17.3 Å². The Bertz CT molecular complexity index is 1090. The molecule has 0 saturated heterocycles. The van der Waals surface area contributed by atoms with Crippen LogP contribution in [0, 0.1) is 0 Å². The lowest BCUT2D eigenvalue weighted by atomic mass is 10.1. The fraction of sp³-hybridized carbons (Fsp3) is 0.364. The molecule has 0 fully saturated rings. The van der Waals surface area contributed by atoms with E-state index in [0.717, 1.165) is 16.1 Å². The lowest BCUT2D eigenvalue weighted by molar-refractivity contribution is -0.139. The monoisotopic (exact) mass is 515 g/mol. The zero-order chi connectivity index (χ0) is 24.8. The summed E-state index contributed by atoms with van der Waals surface area (Å²) in [6, 6.07) is 10.4. The molecule has 0 unspecified atom stereocenters. The zero-order valence-electron chi connectivity index (χ0n) is 18.8. The van der Waals surface area contributed by atoms with E-state index in [-0.39, 0.29) is 23.2 Å². The van der Waals surface area contributed by atoms with Crippen LogP contribution in [0.5, 0.6) is 5.75 Å². The van der Waals surface area contributed by atoms with Gasteiger partial charge in [-0.05, 0) is 49.7 Å². The third kappa shape index (κ3) is 7.25. The molecule has 0 saturated carbocycles. The molecule has 0 aliphatic rings. The summed E-state index contributed by atoms with van der Waals surface area (Å²) in [5.74, 6) is -0.534. The minimum atomic E-state index is -3.85. The van der Waals surface area contributed by atoms with Crippen LogP contribution in [-0.4, -0.2) is 57.6 Å². The van der Waals surface area contributed by atoms with Gasteiger partial charge in [-0.2, -0.15) is 0 Å². The lowest BCUT2D eigenvalue weighted by Crippen LogP contribution is -2.51. The molecule has 33 heavy (non-hydrogen) atoms. The van der Waals surface area contributed by atoms with E-state index in [1.54, 1.807) is 38.1 Å². The molecule has 2 amide bonds. The number of nitrogens with zero attached hydrogens (tertiary/aromatic N) is 2. The van der Waals surface area contributed by atoms with Crippen LogP contribution in [0.25, 0.3) is 0 Å². The van der Waals surface area contributed by atoms with E-state index in [9.17, 15) is 18.0 Å². The van der Waals surface area contributed by atoms with Crippen LogP contribution in [0.15, 0.2) is 42.5 Å². The Kier molecular flexibility index (Phi) is 9.39. The van der Waals surface area contributed by atoms with Gasteiger partial charge in [0.05, 0.1) is 24.1 Å². The highest BCUT2D eigenvalue weighted by Crippen LogP contribution is 2.30. The van der Waals surface area contributed by atoms with Crippen molar-refractivity contribution in [3.8, 4) is 5.75 Å². The second kappa shape index (κ2) is 11.6. The summed E-state index contributed by atoms with van der Waals surface area (Å²) in [5, 5.41) is 3.43. The van der Waals surface area contributed by atoms with Crippen molar-refractivity contribution in [3.05, 3.63) is 58.1 Å². The van der Waals surface area contributed by atoms with Gasteiger partial charge in [0.1, 0.15) is 18.3 Å². The minimum Gasteiger partial charge on any atom is -0.495 e. The Balaban J connectivity index is 2.39. The summed E-state index contributed by atoms with van der Waals surface area (Å²) >= 11 is 12.1. The number of carbonyl (C=O) groups excluding carboxylic acids is 2. The average molecular weight is 516 g/mol. The first-order valence-electron chi connectivity index (χ1n) is 10.1. The van der Waals surface area contributed by atoms with E-state index in [2.05, 4.69) is 5.32 Å². The summed E-state index contributed by atoms with van der Waals surface area (Å²) in [4.78, 5) is 27.2. The summed E-state index contributed by atoms with van der Waals surface area (Å²) in [7, 11) is -2.41. The molecule has 0 aliphatic carbocycles. The van der Waals surface area contributed by atoms with Gasteiger partial charge in [-0.3, -0.25) is 13.9 Å². The smallest absolute Gasteiger partial charge is 0.244 e. The Morgan fingerprint density at radius 1 is 1.12 bits per heavy atom. The summed E-state index contributed by atoms with van der Waals surface area (Å²) in [5.41, 5.74) is 0.941. The maximum absolute atomic E-state index is 13.4.